The average molecular weight is 462 g/mol. The number of para-hydroxylation sites is 2. The van der Waals surface area contributed by atoms with E-state index in [-0.39, 0.29) is 5.91 Å². The number of unbranched alkanes of at least 4 members (excludes halogenated alkanes) is 9. The van der Waals surface area contributed by atoms with E-state index in [9.17, 15) is 4.79 Å². The van der Waals surface area contributed by atoms with E-state index in [1.807, 2.05) is 30.3 Å². The van der Waals surface area contributed by atoms with E-state index in [2.05, 4.69) is 41.1 Å². The standard InChI is InChI=1S/C30H43N3O/c1-2-3-4-5-6-7-8-9-10-16-24-33-28-21-15-14-20-27(28)32-29(33)22-17-23-31-30(34)25-26-18-12-11-13-19-26/h11-15,18-21H,2-10,16-17,22-25H2,1H3,(H,31,34). The molecule has 1 amide bonds. The third-order valence-corrected chi connectivity index (χ3v) is 6.58. The second-order valence-corrected chi connectivity index (χ2v) is 9.47. The van der Waals surface area contributed by atoms with Crippen molar-refractivity contribution in [3.8, 4) is 0 Å². The molecule has 34 heavy (non-hydrogen) atoms. The normalized spacial score (nSPS) is 11.2. The zero-order chi connectivity index (χ0) is 23.8. The minimum atomic E-state index is 0.0880. The third-order valence-electron chi connectivity index (χ3n) is 6.58. The number of aryl methyl sites for hydroxylation is 2. The number of imidazole rings is 1. The van der Waals surface area contributed by atoms with E-state index in [0.29, 0.717) is 13.0 Å². The first-order chi connectivity index (χ1) is 16.8. The number of fused-ring (bicyclic) bond motifs is 1. The summed E-state index contributed by atoms with van der Waals surface area (Å²) in [7, 11) is 0. The first kappa shape index (κ1) is 26.0. The highest BCUT2D eigenvalue weighted by Gasteiger charge is 2.10. The van der Waals surface area contributed by atoms with Crippen molar-refractivity contribution in [2.45, 2.75) is 96.9 Å². The molecule has 0 saturated heterocycles. The van der Waals surface area contributed by atoms with Gasteiger partial charge in [-0.15, -0.1) is 0 Å². The van der Waals surface area contributed by atoms with Gasteiger partial charge in [0.25, 0.3) is 0 Å². The zero-order valence-electron chi connectivity index (χ0n) is 21.1. The SMILES string of the molecule is CCCCCCCCCCCCn1c(CCCNC(=O)Cc2ccccc2)nc2ccccc21. The maximum absolute atomic E-state index is 12.2. The van der Waals surface area contributed by atoms with Gasteiger partial charge in [-0.3, -0.25) is 4.79 Å². The van der Waals surface area contributed by atoms with Crippen LogP contribution < -0.4 is 5.32 Å². The molecule has 0 radical (unpaired) electrons. The number of carbonyl (C=O) groups excluding carboxylic acids is 1. The minimum Gasteiger partial charge on any atom is -0.356 e. The van der Waals surface area contributed by atoms with Crippen molar-refractivity contribution < 1.29 is 4.79 Å². The van der Waals surface area contributed by atoms with Crippen molar-refractivity contribution in [3.05, 3.63) is 66.0 Å². The van der Waals surface area contributed by atoms with Crippen LogP contribution in [0.15, 0.2) is 54.6 Å². The molecule has 0 atom stereocenters. The van der Waals surface area contributed by atoms with Crippen LogP contribution >= 0.6 is 0 Å². The molecule has 1 aromatic heterocycles. The maximum atomic E-state index is 12.2. The van der Waals surface area contributed by atoms with Gasteiger partial charge in [-0.2, -0.15) is 0 Å². The van der Waals surface area contributed by atoms with Crippen LogP contribution in [0, 0.1) is 0 Å². The van der Waals surface area contributed by atoms with E-state index >= 15 is 0 Å². The van der Waals surface area contributed by atoms with Gasteiger partial charge in [0.1, 0.15) is 5.82 Å². The highest BCUT2D eigenvalue weighted by atomic mass is 16.1. The molecule has 4 nitrogen and oxygen atoms in total. The van der Waals surface area contributed by atoms with E-state index < -0.39 is 0 Å². The van der Waals surface area contributed by atoms with Gasteiger partial charge in [-0.25, -0.2) is 4.98 Å². The van der Waals surface area contributed by atoms with Crippen molar-refractivity contribution in [3.63, 3.8) is 0 Å². The van der Waals surface area contributed by atoms with Crippen LogP contribution in [0.5, 0.6) is 0 Å². The van der Waals surface area contributed by atoms with Gasteiger partial charge in [0, 0.05) is 19.5 Å². The molecule has 3 aromatic rings. The largest absolute Gasteiger partial charge is 0.356 e. The van der Waals surface area contributed by atoms with Crippen molar-refractivity contribution >= 4 is 16.9 Å². The summed E-state index contributed by atoms with van der Waals surface area (Å²) in [6.07, 6.45) is 15.8. The fourth-order valence-corrected chi connectivity index (χ4v) is 4.64. The minimum absolute atomic E-state index is 0.0880. The second kappa shape index (κ2) is 15.3. The Morgan fingerprint density at radius 3 is 2.18 bits per heavy atom. The number of nitrogens with zero attached hydrogens (tertiary/aromatic N) is 2. The second-order valence-electron chi connectivity index (χ2n) is 9.47. The lowest BCUT2D eigenvalue weighted by molar-refractivity contribution is -0.120. The summed E-state index contributed by atoms with van der Waals surface area (Å²) >= 11 is 0. The Morgan fingerprint density at radius 1 is 0.794 bits per heavy atom. The highest BCUT2D eigenvalue weighted by molar-refractivity contribution is 5.78. The molecular formula is C30H43N3O. The molecule has 184 valence electrons. The molecule has 2 aromatic carbocycles. The van der Waals surface area contributed by atoms with Gasteiger partial charge in [0.05, 0.1) is 17.5 Å². The first-order valence-electron chi connectivity index (χ1n) is 13.5. The van der Waals surface area contributed by atoms with Gasteiger partial charge in [-0.1, -0.05) is 107 Å². The summed E-state index contributed by atoms with van der Waals surface area (Å²) in [4.78, 5) is 17.1. The van der Waals surface area contributed by atoms with Crippen LogP contribution in [0.4, 0.5) is 0 Å². The molecule has 1 heterocycles. The lowest BCUT2D eigenvalue weighted by Crippen LogP contribution is -2.26. The number of hydrogen-bond donors (Lipinski definition) is 1. The van der Waals surface area contributed by atoms with Crippen molar-refractivity contribution in [1.29, 1.82) is 0 Å². The molecular weight excluding hydrogens is 418 g/mol. The lowest BCUT2D eigenvalue weighted by atomic mass is 10.1. The van der Waals surface area contributed by atoms with Crippen LogP contribution in [0.2, 0.25) is 0 Å². The Hall–Kier alpha value is -2.62. The summed E-state index contributed by atoms with van der Waals surface area (Å²) in [5.74, 6) is 1.24. The Bertz CT molecular complexity index is 964. The number of aromatic nitrogens is 2. The predicted octanol–water partition coefficient (Wildman–Crippen LogP) is 7.25. The molecule has 0 aliphatic rings. The summed E-state index contributed by atoms with van der Waals surface area (Å²) < 4.78 is 2.41. The fraction of sp³-hybridized carbons (Fsp3) is 0.533. The molecule has 1 N–H and O–H groups in total. The van der Waals surface area contributed by atoms with Gasteiger partial charge in [0.2, 0.25) is 5.91 Å². The Labute approximate surface area is 206 Å². The zero-order valence-corrected chi connectivity index (χ0v) is 21.1. The maximum Gasteiger partial charge on any atom is 0.224 e. The van der Waals surface area contributed by atoms with Crippen molar-refractivity contribution in [2.24, 2.45) is 0 Å². The number of nitrogens with one attached hydrogen (secondary N) is 1. The molecule has 0 fully saturated rings. The number of carbonyl (C=O) groups is 1. The van der Waals surface area contributed by atoms with Gasteiger partial charge in [-0.05, 0) is 30.5 Å². The summed E-state index contributed by atoms with van der Waals surface area (Å²) in [6, 6.07) is 18.4. The molecule has 0 bridgehead atoms. The Kier molecular flexibility index (Phi) is 11.7. The Morgan fingerprint density at radius 2 is 1.44 bits per heavy atom. The molecule has 4 heteroatoms. The Balaban J connectivity index is 1.39. The highest BCUT2D eigenvalue weighted by Crippen LogP contribution is 2.19. The monoisotopic (exact) mass is 461 g/mol. The fourth-order valence-electron chi connectivity index (χ4n) is 4.64. The third kappa shape index (κ3) is 8.96. The predicted molar refractivity (Wildman–Crippen MR) is 143 cm³/mol. The van der Waals surface area contributed by atoms with Crippen LogP contribution in [0.1, 0.15) is 88.9 Å². The summed E-state index contributed by atoms with van der Waals surface area (Å²) in [5.41, 5.74) is 3.37. The van der Waals surface area contributed by atoms with E-state index in [1.165, 1.54) is 69.7 Å². The quantitative estimate of drug-likeness (QED) is 0.215. The molecule has 3 rings (SSSR count). The number of amides is 1. The lowest BCUT2D eigenvalue weighted by Gasteiger charge is -2.10. The molecule has 0 aliphatic heterocycles. The summed E-state index contributed by atoms with van der Waals surface area (Å²) in [5, 5.41) is 3.07. The van der Waals surface area contributed by atoms with Crippen molar-refractivity contribution in [1.82, 2.24) is 14.9 Å². The van der Waals surface area contributed by atoms with Crippen LogP contribution in [0.3, 0.4) is 0 Å². The van der Waals surface area contributed by atoms with Gasteiger partial charge >= 0.3 is 0 Å². The molecule has 0 spiro atoms. The smallest absolute Gasteiger partial charge is 0.224 e. The average Bonchev–Trinajstić information content (AvgIpc) is 3.21. The molecule has 0 aliphatic carbocycles. The topological polar surface area (TPSA) is 46.9 Å². The molecule has 0 unspecified atom stereocenters. The summed E-state index contributed by atoms with van der Waals surface area (Å²) in [6.45, 7) is 4.00. The van der Waals surface area contributed by atoms with E-state index in [0.717, 1.165) is 36.3 Å². The number of hydrogen-bond acceptors (Lipinski definition) is 2. The first-order valence-corrected chi connectivity index (χ1v) is 13.5. The number of benzene rings is 2. The van der Waals surface area contributed by atoms with Gasteiger partial charge < -0.3 is 9.88 Å². The van der Waals surface area contributed by atoms with Crippen molar-refractivity contribution in [2.75, 3.05) is 6.54 Å². The van der Waals surface area contributed by atoms with E-state index in [4.69, 9.17) is 4.98 Å². The van der Waals surface area contributed by atoms with E-state index in [1.54, 1.807) is 0 Å². The number of rotatable bonds is 17. The molecule has 0 saturated carbocycles. The van der Waals surface area contributed by atoms with Crippen LogP contribution in [0.25, 0.3) is 11.0 Å². The van der Waals surface area contributed by atoms with Crippen LogP contribution in [-0.2, 0) is 24.2 Å². The van der Waals surface area contributed by atoms with Gasteiger partial charge in [0.15, 0.2) is 0 Å². The van der Waals surface area contributed by atoms with Crippen LogP contribution in [-0.4, -0.2) is 22.0 Å².